The van der Waals surface area contributed by atoms with Gasteiger partial charge in [-0.15, -0.1) is 0 Å². The fourth-order valence-corrected chi connectivity index (χ4v) is 1.55. The van der Waals surface area contributed by atoms with Gasteiger partial charge in [-0.3, -0.25) is 0 Å². The van der Waals surface area contributed by atoms with Crippen molar-refractivity contribution in [1.82, 2.24) is 0 Å². The van der Waals surface area contributed by atoms with Crippen molar-refractivity contribution in [3.63, 3.8) is 0 Å². The molecular formula is C10H17F2O5P. The van der Waals surface area contributed by atoms with Crippen molar-refractivity contribution in [2.45, 2.75) is 19.1 Å². The maximum atomic E-state index is 12.6. The number of hydrogen-bond acceptors (Lipinski definition) is 5. The SMILES string of the molecule is C#CC(C)OCC(COCC=C)OP(O)(O)(F)F. The molecule has 0 rings (SSSR count). The zero-order chi connectivity index (χ0) is 14.3. The quantitative estimate of drug-likeness (QED) is 0.292. The summed E-state index contributed by atoms with van der Waals surface area (Å²) in [6.07, 6.45) is 4.48. The molecule has 0 saturated carbocycles. The van der Waals surface area contributed by atoms with Gasteiger partial charge in [0.25, 0.3) is 0 Å². The van der Waals surface area contributed by atoms with Crippen LogP contribution >= 0.6 is 7.91 Å². The van der Waals surface area contributed by atoms with E-state index in [2.05, 4.69) is 17.0 Å². The van der Waals surface area contributed by atoms with Crippen molar-refractivity contribution in [3.8, 4) is 12.3 Å². The summed E-state index contributed by atoms with van der Waals surface area (Å²) < 4.78 is 39.0. The second kappa shape index (κ2) is 7.10. The molecule has 0 aliphatic heterocycles. The van der Waals surface area contributed by atoms with Gasteiger partial charge in [-0.25, -0.2) is 0 Å². The second-order valence-electron chi connectivity index (χ2n) is 3.45. The van der Waals surface area contributed by atoms with Crippen molar-refractivity contribution in [2.24, 2.45) is 0 Å². The maximum absolute atomic E-state index is 12.6. The summed E-state index contributed by atoms with van der Waals surface area (Å²) in [6.45, 7) is 4.35. The second-order valence-corrected chi connectivity index (χ2v) is 5.18. The van der Waals surface area contributed by atoms with Crippen LogP contribution in [-0.4, -0.2) is 41.8 Å². The Balaban J connectivity index is 4.34. The van der Waals surface area contributed by atoms with Gasteiger partial charge in [0.2, 0.25) is 0 Å². The monoisotopic (exact) mass is 286 g/mol. The fraction of sp³-hybridized carbons (Fsp3) is 0.600. The average Bonchev–Trinajstić information content (AvgIpc) is 2.22. The van der Waals surface area contributed by atoms with E-state index in [4.69, 9.17) is 25.7 Å². The third-order valence-corrected chi connectivity index (χ3v) is 2.28. The third kappa shape index (κ3) is 10.5. The van der Waals surface area contributed by atoms with E-state index in [9.17, 15) is 8.39 Å². The molecule has 0 spiro atoms. The summed E-state index contributed by atoms with van der Waals surface area (Å²) in [6, 6.07) is 0. The van der Waals surface area contributed by atoms with E-state index in [1.54, 1.807) is 0 Å². The van der Waals surface area contributed by atoms with Gasteiger partial charge in [0, 0.05) is 0 Å². The fourth-order valence-electron chi connectivity index (χ4n) is 0.938. The minimum absolute atomic E-state index is 0.107. The predicted octanol–water partition coefficient (Wildman–Crippen LogP) is 1.66. The zero-order valence-corrected chi connectivity index (χ0v) is 10.9. The Labute approximate surface area is 105 Å². The van der Waals surface area contributed by atoms with Gasteiger partial charge >= 0.3 is 104 Å². The molecule has 5 nitrogen and oxygen atoms in total. The Bertz CT molecular complexity index is 300. The minimum atomic E-state index is -7.06. The van der Waals surface area contributed by atoms with Crippen LogP contribution in [0.3, 0.4) is 0 Å². The normalized spacial score (nSPS) is 17.2. The third-order valence-electron chi connectivity index (χ3n) is 1.63. The van der Waals surface area contributed by atoms with E-state index < -0.39 is 20.1 Å². The molecule has 0 aliphatic rings. The molecule has 18 heavy (non-hydrogen) atoms. The Morgan fingerprint density at radius 1 is 1.44 bits per heavy atom. The molecule has 0 aromatic carbocycles. The molecule has 2 unspecified atom stereocenters. The predicted molar refractivity (Wildman–Crippen MR) is 63.7 cm³/mol. The van der Waals surface area contributed by atoms with E-state index >= 15 is 0 Å². The van der Waals surface area contributed by atoms with Crippen molar-refractivity contribution < 1.29 is 32.2 Å². The Hall–Kier alpha value is -0.610. The molecular weight excluding hydrogens is 269 g/mol. The molecule has 106 valence electrons. The summed E-state index contributed by atoms with van der Waals surface area (Å²) in [5.41, 5.74) is 0. The van der Waals surface area contributed by atoms with Crippen LogP contribution in [0.15, 0.2) is 12.7 Å². The molecule has 0 aliphatic carbocycles. The van der Waals surface area contributed by atoms with Gasteiger partial charge in [0.15, 0.2) is 0 Å². The average molecular weight is 286 g/mol. The van der Waals surface area contributed by atoms with Gasteiger partial charge in [-0.05, 0) is 0 Å². The van der Waals surface area contributed by atoms with Gasteiger partial charge in [-0.2, -0.15) is 0 Å². The molecule has 2 N–H and O–H groups in total. The van der Waals surface area contributed by atoms with Gasteiger partial charge in [-0.1, -0.05) is 0 Å². The van der Waals surface area contributed by atoms with E-state index in [0.29, 0.717) is 0 Å². The summed E-state index contributed by atoms with van der Waals surface area (Å²) in [5, 5.41) is 0. The Kier molecular flexibility index (Phi) is 6.86. The van der Waals surface area contributed by atoms with Crippen LogP contribution < -0.4 is 0 Å². The summed E-state index contributed by atoms with van der Waals surface area (Å²) >= 11 is 0. The van der Waals surface area contributed by atoms with E-state index in [-0.39, 0.29) is 19.8 Å². The molecule has 0 aromatic heterocycles. The first kappa shape index (κ1) is 17.4. The number of halogens is 2. The first-order chi connectivity index (χ1) is 8.14. The molecule has 0 aromatic rings. The van der Waals surface area contributed by atoms with Crippen LogP contribution in [0.1, 0.15) is 6.92 Å². The number of terminal acetylenes is 1. The van der Waals surface area contributed by atoms with E-state index in [1.807, 2.05) is 0 Å². The summed E-state index contributed by atoms with van der Waals surface area (Å²) in [7, 11) is -7.06. The first-order valence-corrected chi connectivity index (χ1v) is 6.89. The number of ether oxygens (including phenoxy) is 2. The van der Waals surface area contributed by atoms with Crippen molar-refractivity contribution in [2.75, 3.05) is 19.8 Å². The molecule has 0 radical (unpaired) electrons. The Morgan fingerprint density at radius 2 is 2.06 bits per heavy atom. The Morgan fingerprint density at radius 3 is 2.50 bits per heavy atom. The standard InChI is InChI=1S/C10H17F2O5P/c1-4-6-15-7-10(8-16-9(3)5-2)17-18(11,12,13)14/h2,4,9-10,13-14H,1,6-8H2,3H3. The molecule has 0 amide bonds. The van der Waals surface area contributed by atoms with Gasteiger partial charge < -0.3 is 0 Å². The molecule has 8 heteroatoms. The van der Waals surface area contributed by atoms with Crippen LogP contribution in [0.2, 0.25) is 0 Å². The van der Waals surface area contributed by atoms with E-state index in [0.717, 1.165) is 0 Å². The van der Waals surface area contributed by atoms with Crippen LogP contribution in [0.25, 0.3) is 0 Å². The van der Waals surface area contributed by atoms with Crippen LogP contribution in [-0.2, 0) is 14.0 Å². The molecule has 0 bridgehead atoms. The van der Waals surface area contributed by atoms with Crippen LogP contribution in [0.4, 0.5) is 8.39 Å². The van der Waals surface area contributed by atoms with Gasteiger partial charge in [0.1, 0.15) is 0 Å². The van der Waals surface area contributed by atoms with Crippen molar-refractivity contribution in [1.29, 1.82) is 0 Å². The van der Waals surface area contributed by atoms with E-state index in [1.165, 1.54) is 13.0 Å². The zero-order valence-electron chi connectivity index (χ0n) is 9.96. The summed E-state index contributed by atoms with van der Waals surface area (Å²) in [4.78, 5) is 16.8. The molecule has 0 fully saturated rings. The van der Waals surface area contributed by atoms with Crippen LogP contribution in [0.5, 0.6) is 0 Å². The van der Waals surface area contributed by atoms with Crippen LogP contribution in [0, 0.1) is 12.3 Å². The first-order valence-electron chi connectivity index (χ1n) is 5.05. The van der Waals surface area contributed by atoms with Crippen molar-refractivity contribution in [3.05, 3.63) is 12.7 Å². The molecule has 0 saturated heterocycles. The molecule has 2 atom stereocenters. The topological polar surface area (TPSA) is 68.2 Å². The number of hydrogen-bond donors (Lipinski definition) is 2. The van der Waals surface area contributed by atoms with Crippen molar-refractivity contribution >= 4 is 7.91 Å². The summed E-state index contributed by atoms with van der Waals surface area (Å²) in [5.74, 6) is 2.22. The number of rotatable bonds is 9. The van der Waals surface area contributed by atoms with Gasteiger partial charge in [0.05, 0.1) is 0 Å². The molecule has 0 heterocycles.